The van der Waals surface area contributed by atoms with Crippen LogP contribution in [0.15, 0.2) is 6.07 Å². The van der Waals surface area contributed by atoms with Gasteiger partial charge in [-0.25, -0.2) is 0 Å². The molecule has 0 saturated carbocycles. The predicted octanol–water partition coefficient (Wildman–Crippen LogP) is 2.26. The Labute approximate surface area is 119 Å². The van der Waals surface area contributed by atoms with Crippen LogP contribution in [0.2, 0.25) is 0 Å². The van der Waals surface area contributed by atoms with Crippen molar-refractivity contribution in [3.8, 4) is 0 Å². The Morgan fingerprint density at radius 2 is 2.05 bits per heavy atom. The van der Waals surface area contributed by atoms with Crippen LogP contribution in [0, 0.1) is 5.92 Å². The molecule has 1 saturated heterocycles. The number of carbonyl (C=O) groups excluding carboxylic acids is 1. The average Bonchev–Trinajstić information content (AvgIpc) is 2.81. The maximum Gasteiger partial charge on any atom is 0.264 e. The average molecular weight is 278 g/mol. The molecule has 1 aromatic rings. The van der Waals surface area contributed by atoms with Gasteiger partial charge in [0.05, 0.1) is 4.88 Å². The highest BCUT2D eigenvalue weighted by Crippen LogP contribution is 2.32. The molecule has 19 heavy (non-hydrogen) atoms. The molecule has 2 heterocycles. The van der Waals surface area contributed by atoms with Crippen molar-refractivity contribution < 1.29 is 4.79 Å². The highest BCUT2D eigenvalue weighted by atomic mass is 32.1. The number of likely N-dealkylation sites (N-methyl/N-ethyl adjacent to an activating group) is 1. The van der Waals surface area contributed by atoms with Gasteiger partial charge in [0.15, 0.2) is 0 Å². The van der Waals surface area contributed by atoms with Crippen LogP contribution in [0.25, 0.3) is 0 Å². The maximum absolute atomic E-state index is 12.5. The molecular formula is C15H22N2OS. The second kappa shape index (κ2) is 5.25. The van der Waals surface area contributed by atoms with E-state index in [-0.39, 0.29) is 5.91 Å². The summed E-state index contributed by atoms with van der Waals surface area (Å²) < 4.78 is 0. The number of carbonyl (C=O) groups is 1. The van der Waals surface area contributed by atoms with Gasteiger partial charge in [-0.05, 0) is 43.9 Å². The molecule has 0 N–H and O–H groups in total. The highest BCUT2D eigenvalue weighted by molar-refractivity contribution is 7.14. The van der Waals surface area contributed by atoms with E-state index < -0.39 is 0 Å². The first kappa shape index (κ1) is 13.1. The Hall–Kier alpha value is -0.870. The second-order valence-corrected chi connectivity index (χ2v) is 7.14. The van der Waals surface area contributed by atoms with Gasteiger partial charge in [0.2, 0.25) is 0 Å². The molecule has 0 unspecified atom stereocenters. The van der Waals surface area contributed by atoms with Gasteiger partial charge in [0.25, 0.3) is 5.91 Å². The zero-order chi connectivity index (χ0) is 13.4. The van der Waals surface area contributed by atoms with Crippen molar-refractivity contribution in [2.75, 3.05) is 33.2 Å². The van der Waals surface area contributed by atoms with Gasteiger partial charge < -0.3 is 9.80 Å². The molecule has 0 bridgehead atoms. The fourth-order valence-corrected chi connectivity index (χ4v) is 4.15. The van der Waals surface area contributed by atoms with Crippen molar-refractivity contribution in [1.29, 1.82) is 0 Å². The summed E-state index contributed by atoms with van der Waals surface area (Å²) in [4.78, 5) is 19.2. The van der Waals surface area contributed by atoms with E-state index in [0.717, 1.165) is 49.8 Å². The molecule has 1 fully saturated rings. The number of aryl methyl sites for hydroxylation is 1. The Balaban J connectivity index is 1.74. The van der Waals surface area contributed by atoms with Crippen LogP contribution in [0.5, 0.6) is 0 Å². The molecule has 2 aliphatic rings. The number of thiophene rings is 1. The lowest BCUT2D eigenvalue weighted by Crippen LogP contribution is -2.46. The Morgan fingerprint density at radius 3 is 2.79 bits per heavy atom. The van der Waals surface area contributed by atoms with E-state index >= 15 is 0 Å². The molecule has 4 heteroatoms. The SMILES string of the molecule is C[C@H]1CCc2sc(C(=O)N3CCN(C)CC3)cc2C1. The van der Waals surface area contributed by atoms with E-state index in [0.29, 0.717) is 0 Å². The smallest absolute Gasteiger partial charge is 0.264 e. The largest absolute Gasteiger partial charge is 0.335 e. The summed E-state index contributed by atoms with van der Waals surface area (Å²) in [5.41, 5.74) is 1.43. The Bertz CT molecular complexity index is 474. The van der Waals surface area contributed by atoms with Crippen molar-refractivity contribution in [2.45, 2.75) is 26.2 Å². The number of hydrogen-bond donors (Lipinski definition) is 0. The van der Waals surface area contributed by atoms with E-state index in [1.165, 1.54) is 16.9 Å². The van der Waals surface area contributed by atoms with E-state index in [1.54, 1.807) is 11.3 Å². The standard InChI is InChI=1S/C15H22N2OS/c1-11-3-4-13-12(9-11)10-14(19-13)15(18)17-7-5-16(2)6-8-17/h10-11H,3-9H2,1-2H3/t11-/m0/s1. The van der Waals surface area contributed by atoms with Gasteiger partial charge >= 0.3 is 0 Å². The Morgan fingerprint density at radius 1 is 1.32 bits per heavy atom. The van der Waals surface area contributed by atoms with Gasteiger partial charge in [0.1, 0.15) is 0 Å². The van der Waals surface area contributed by atoms with E-state index in [1.807, 2.05) is 4.90 Å². The monoisotopic (exact) mass is 278 g/mol. The lowest BCUT2D eigenvalue weighted by molar-refractivity contribution is 0.0669. The van der Waals surface area contributed by atoms with Crippen LogP contribution >= 0.6 is 11.3 Å². The van der Waals surface area contributed by atoms with Crippen molar-refractivity contribution in [3.05, 3.63) is 21.4 Å². The van der Waals surface area contributed by atoms with Crippen LogP contribution in [-0.2, 0) is 12.8 Å². The fourth-order valence-electron chi connectivity index (χ4n) is 2.98. The first-order valence-electron chi connectivity index (χ1n) is 7.23. The van der Waals surface area contributed by atoms with E-state index in [2.05, 4.69) is 24.9 Å². The molecule has 0 radical (unpaired) electrons. The first-order valence-corrected chi connectivity index (χ1v) is 8.04. The van der Waals surface area contributed by atoms with Gasteiger partial charge in [-0.3, -0.25) is 4.79 Å². The van der Waals surface area contributed by atoms with E-state index in [4.69, 9.17) is 0 Å². The van der Waals surface area contributed by atoms with Crippen molar-refractivity contribution in [3.63, 3.8) is 0 Å². The molecular weight excluding hydrogens is 256 g/mol. The summed E-state index contributed by atoms with van der Waals surface area (Å²) in [6.07, 6.45) is 3.59. The number of amides is 1. The summed E-state index contributed by atoms with van der Waals surface area (Å²) in [6, 6.07) is 2.16. The van der Waals surface area contributed by atoms with Crippen molar-refractivity contribution in [1.82, 2.24) is 9.80 Å². The number of piperazine rings is 1. The van der Waals surface area contributed by atoms with E-state index in [9.17, 15) is 4.79 Å². The zero-order valence-corrected chi connectivity index (χ0v) is 12.6. The summed E-state index contributed by atoms with van der Waals surface area (Å²) in [5, 5.41) is 0. The molecule has 1 aliphatic heterocycles. The van der Waals surface area contributed by atoms with Crippen LogP contribution in [0.4, 0.5) is 0 Å². The normalized spacial score (nSPS) is 24.3. The van der Waals surface area contributed by atoms with Crippen molar-refractivity contribution in [2.24, 2.45) is 5.92 Å². The fraction of sp³-hybridized carbons (Fsp3) is 0.667. The summed E-state index contributed by atoms with van der Waals surface area (Å²) in [6.45, 7) is 6.03. The minimum absolute atomic E-state index is 0.250. The van der Waals surface area contributed by atoms with Crippen LogP contribution in [0.3, 0.4) is 0 Å². The van der Waals surface area contributed by atoms with Gasteiger partial charge in [-0.1, -0.05) is 6.92 Å². The van der Waals surface area contributed by atoms with Crippen LogP contribution in [0.1, 0.15) is 33.5 Å². The third kappa shape index (κ3) is 2.70. The molecule has 3 rings (SSSR count). The second-order valence-electron chi connectivity index (χ2n) is 6.00. The molecule has 1 amide bonds. The van der Waals surface area contributed by atoms with Crippen molar-refractivity contribution >= 4 is 17.2 Å². The maximum atomic E-state index is 12.5. The van der Waals surface area contributed by atoms with Crippen LogP contribution in [-0.4, -0.2) is 48.9 Å². The molecule has 0 spiro atoms. The third-order valence-corrected chi connectivity index (χ3v) is 5.56. The summed E-state index contributed by atoms with van der Waals surface area (Å²) in [5.74, 6) is 1.02. The Kier molecular flexibility index (Phi) is 3.63. The number of hydrogen-bond acceptors (Lipinski definition) is 3. The minimum atomic E-state index is 0.250. The van der Waals surface area contributed by atoms with Crippen LogP contribution < -0.4 is 0 Å². The molecule has 1 aromatic heterocycles. The quantitative estimate of drug-likeness (QED) is 0.787. The molecule has 1 aliphatic carbocycles. The van der Waals surface area contributed by atoms with Gasteiger partial charge in [0, 0.05) is 31.1 Å². The summed E-state index contributed by atoms with van der Waals surface area (Å²) >= 11 is 1.74. The summed E-state index contributed by atoms with van der Waals surface area (Å²) in [7, 11) is 2.12. The predicted molar refractivity (Wildman–Crippen MR) is 78.9 cm³/mol. The first-order chi connectivity index (χ1) is 9.13. The molecule has 104 valence electrons. The lowest BCUT2D eigenvalue weighted by atomic mass is 9.90. The van der Waals surface area contributed by atoms with Gasteiger partial charge in [-0.2, -0.15) is 0 Å². The lowest BCUT2D eigenvalue weighted by Gasteiger charge is -2.32. The number of nitrogens with zero attached hydrogens (tertiary/aromatic N) is 2. The highest BCUT2D eigenvalue weighted by Gasteiger charge is 2.25. The number of rotatable bonds is 1. The zero-order valence-electron chi connectivity index (χ0n) is 11.8. The molecule has 0 aromatic carbocycles. The minimum Gasteiger partial charge on any atom is -0.335 e. The molecule has 3 nitrogen and oxygen atoms in total. The van der Waals surface area contributed by atoms with Gasteiger partial charge in [-0.15, -0.1) is 11.3 Å². The third-order valence-electron chi connectivity index (χ3n) is 4.33. The topological polar surface area (TPSA) is 23.6 Å². The number of fused-ring (bicyclic) bond motifs is 1. The molecule has 1 atom stereocenters.